The number of aliphatic carboxylic acids is 2. The molecule has 1 atom stereocenters. The van der Waals surface area contributed by atoms with Crippen LogP contribution in [0.15, 0.2) is 67.3 Å². The van der Waals surface area contributed by atoms with Crippen molar-refractivity contribution in [1.82, 2.24) is 4.90 Å². The van der Waals surface area contributed by atoms with Crippen LogP contribution in [-0.4, -0.2) is 37.5 Å². The van der Waals surface area contributed by atoms with Gasteiger partial charge in [-0.2, -0.15) is 0 Å². The van der Waals surface area contributed by atoms with Crippen molar-refractivity contribution in [2.24, 2.45) is 0 Å². The summed E-state index contributed by atoms with van der Waals surface area (Å²) in [6, 6.07) is 17.5. The first-order chi connectivity index (χ1) is 13.8. The number of benzene rings is 2. The molecule has 152 valence electrons. The molecule has 29 heavy (non-hydrogen) atoms. The molecule has 0 aliphatic heterocycles. The van der Waals surface area contributed by atoms with Crippen LogP contribution in [0.1, 0.15) is 34.6 Å². The van der Waals surface area contributed by atoms with Gasteiger partial charge in [0.25, 0.3) is 0 Å². The monoisotopic (exact) mass is 391 g/mol. The Morgan fingerprint density at radius 2 is 1.55 bits per heavy atom. The summed E-state index contributed by atoms with van der Waals surface area (Å²) in [4.78, 5) is 21.1. The smallest absolute Gasteiger partial charge is 0.0643 e. The van der Waals surface area contributed by atoms with Crippen molar-refractivity contribution in [3.63, 3.8) is 0 Å². The highest BCUT2D eigenvalue weighted by atomic mass is 16.4. The number of carbonyl (C=O) groups is 2. The van der Waals surface area contributed by atoms with Gasteiger partial charge in [-0.05, 0) is 79.4 Å². The first kappa shape index (κ1) is 22.1. The van der Waals surface area contributed by atoms with Crippen molar-refractivity contribution in [2.45, 2.75) is 18.8 Å². The standard InChI is InChI=1S/C20H23N.C4H4O4/c1-15-18-9-5-4-8-16(18)14-17(12-13-21(2)3)20-11-7-6-10-19(15)20;5-3(6)1-2-4(7)8/h4-11,17H,1,12-14H2,2-3H3;1-2H,(H,5,6)(H,7,8)/p-2/b;2-1-. The van der Waals surface area contributed by atoms with Gasteiger partial charge in [-0.1, -0.05) is 55.1 Å². The van der Waals surface area contributed by atoms with Gasteiger partial charge < -0.3 is 24.7 Å². The Labute approximate surface area is 171 Å². The zero-order chi connectivity index (χ0) is 21.4. The molecule has 0 fully saturated rings. The molecule has 0 spiro atoms. The predicted molar refractivity (Wildman–Crippen MR) is 110 cm³/mol. The van der Waals surface area contributed by atoms with E-state index in [9.17, 15) is 19.8 Å². The fourth-order valence-electron chi connectivity index (χ4n) is 3.45. The van der Waals surface area contributed by atoms with E-state index in [2.05, 4.69) is 74.1 Å². The Morgan fingerprint density at radius 1 is 1.00 bits per heavy atom. The second-order valence-electron chi connectivity index (χ2n) is 7.19. The predicted octanol–water partition coefficient (Wildman–Crippen LogP) is 1.38. The molecule has 0 saturated carbocycles. The van der Waals surface area contributed by atoms with E-state index in [1.54, 1.807) is 0 Å². The summed E-state index contributed by atoms with van der Waals surface area (Å²) in [6.07, 6.45) is 3.07. The fraction of sp³-hybridized carbons (Fsp3) is 0.250. The molecule has 0 bridgehead atoms. The number of hydrogen-bond donors (Lipinski definition) is 0. The normalized spacial score (nSPS) is 15.1. The zero-order valence-corrected chi connectivity index (χ0v) is 16.8. The van der Waals surface area contributed by atoms with E-state index in [0.717, 1.165) is 13.0 Å². The highest BCUT2D eigenvalue weighted by Gasteiger charge is 2.23. The van der Waals surface area contributed by atoms with Crippen LogP contribution in [-0.2, 0) is 16.0 Å². The van der Waals surface area contributed by atoms with Gasteiger partial charge in [0.15, 0.2) is 0 Å². The molecule has 0 aromatic heterocycles. The summed E-state index contributed by atoms with van der Waals surface area (Å²) in [7, 11) is 4.30. The third kappa shape index (κ3) is 6.43. The van der Waals surface area contributed by atoms with Gasteiger partial charge in [-0.25, -0.2) is 0 Å². The minimum absolute atomic E-state index is 0.384. The molecule has 2 aromatic rings. The maximum Gasteiger partial charge on any atom is 0.0643 e. The van der Waals surface area contributed by atoms with Crippen LogP contribution in [0, 0.1) is 0 Å². The molecule has 1 unspecified atom stereocenters. The number of rotatable bonds is 5. The Morgan fingerprint density at radius 3 is 2.14 bits per heavy atom. The first-order valence-electron chi connectivity index (χ1n) is 9.40. The molecule has 0 saturated heterocycles. The van der Waals surface area contributed by atoms with Gasteiger partial charge in [0, 0.05) is 0 Å². The van der Waals surface area contributed by atoms with Gasteiger partial charge in [0.2, 0.25) is 0 Å². The number of carboxylic acid groups (broad SMARTS) is 2. The number of carbonyl (C=O) groups excluding carboxylic acids is 2. The summed E-state index contributed by atoms with van der Waals surface area (Å²) in [5.41, 5.74) is 6.71. The third-order valence-corrected chi connectivity index (χ3v) is 4.81. The SMILES string of the molecule is C=C1c2ccccc2CC(CCN(C)C)c2ccccc21.O=C([O-])/C=C\C(=O)[O-]. The molecular formula is C24H25NO4-2. The fourth-order valence-corrected chi connectivity index (χ4v) is 3.45. The average Bonchev–Trinajstić information content (AvgIpc) is 2.81. The Bertz CT molecular complexity index is 899. The Balaban J connectivity index is 0.000000321. The Kier molecular flexibility index (Phi) is 7.92. The van der Waals surface area contributed by atoms with E-state index in [-0.39, 0.29) is 0 Å². The molecule has 1 aliphatic rings. The number of fused-ring (bicyclic) bond motifs is 2. The second kappa shape index (κ2) is 10.4. The van der Waals surface area contributed by atoms with Crippen molar-refractivity contribution < 1.29 is 19.8 Å². The minimum atomic E-state index is -1.55. The molecule has 5 nitrogen and oxygen atoms in total. The molecule has 0 radical (unpaired) electrons. The van der Waals surface area contributed by atoms with Crippen molar-refractivity contribution in [3.05, 3.63) is 89.5 Å². The molecule has 1 aliphatic carbocycles. The van der Waals surface area contributed by atoms with E-state index in [0.29, 0.717) is 18.1 Å². The first-order valence-corrected chi connectivity index (χ1v) is 9.40. The molecule has 0 N–H and O–H groups in total. The van der Waals surface area contributed by atoms with Crippen LogP contribution >= 0.6 is 0 Å². The lowest BCUT2D eigenvalue weighted by Crippen LogP contribution is -2.23. The van der Waals surface area contributed by atoms with Gasteiger partial charge in [0.1, 0.15) is 0 Å². The topological polar surface area (TPSA) is 83.5 Å². The molecule has 0 heterocycles. The van der Waals surface area contributed by atoms with Crippen molar-refractivity contribution in [1.29, 1.82) is 0 Å². The molecule has 5 heteroatoms. The second-order valence-corrected chi connectivity index (χ2v) is 7.19. The maximum absolute atomic E-state index is 9.41. The van der Waals surface area contributed by atoms with Crippen LogP contribution in [0.2, 0.25) is 0 Å². The van der Waals surface area contributed by atoms with Crippen molar-refractivity contribution in [2.75, 3.05) is 20.6 Å². The van der Waals surface area contributed by atoms with Crippen molar-refractivity contribution >= 4 is 17.5 Å². The van der Waals surface area contributed by atoms with Crippen LogP contribution in [0.5, 0.6) is 0 Å². The van der Waals surface area contributed by atoms with Gasteiger partial charge in [0.05, 0.1) is 11.9 Å². The van der Waals surface area contributed by atoms with Crippen LogP contribution in [0.25, 0.3) is 5.57 Å². The lowest BCUT2D eigenvalue weighted by molar-refractivity contribution is -0.301. The quantitative estimate of drug-likeness (QED) is 0.719. The summed E-state index contributed by atoms with van der Waals surface area (Å²) in [6.45, 7) is 5.49. The molecule has 3 rings (SSSR count). The highest BCUT2D eigenvalue weighted by molar-refractivity contribution is 5.87. The lowest BCUT2D eigenvalue weighted by atomic mass is 9.88. The van der Waals surface area contributed by atoms with Crippen LogP contribution in [0.3, 0.4) is 0 Å². The summed E-state index contributed by atoms with van der Waals surface area (Å²) < 4.78 is 0. The summed E-state index contributed by atoms with van der Waals surface area (Å²) in [5.74, 6) is -2.52. The van der Waals surface area contributed by atoms with Gasteiger partial charge in [-0.3, -0.25) is 0 Å². The van der Waals surface area contributed by atoms with E-state index >= 15 is 0 Å². The van der Waals surface area contributed by atoms with Gasteiger partial charge in [-0.15, -0.1) is 0 Å². The summed E-state index contributed by atoms with van der Waals surface area (Å²) >= 11 is 0. The van der Waals surface area contributed by atoms with E-state index in [4.69, 9.17) is 0 Å². The van der Waals surface area contributed by atoms with Crippen LogP contribution < -0.4 is 10.2 Å². The number of carboxylic acids is 2. The lowest BCUT2D eigenvalue weighted by Gasteiger charge is -2.20. The number of nitrogens with zero attached hydrogens (tertiary/aromatic N) is 1. The number of hydrogen-bond acceptors (Lipinski definition) is 5. The largest absolute Gasteiger partial charge is 0.545 e. The molecular weight excluding hydrogens is 366 g/mol. The maximum atomic E-state index is 9.41. The van der Waals surface area contributed by atoms with Crippen LogP contribution in [0.4, 0.5) is 0 Å². The molecule has 0 amide bonds. The van der Waals surface area contributed by atoms with E-state index < -0.39 is 11.9 Å². The summed E-state index contributed by atoms with van der Waals surface area (Å²) in [5, 5.41) is 18.8. The molecule has 2 aromatic carbocycles. The van der Waals surface area contributed by atoms with E-state index in [1.165, 1.54) is 34.2 Å². The zero-order valence-electron chi connectivity index (χ0n) is 16.8. The minimum Gasteiger partial charge on any atom is -0.545 e. The Hall–Kier alpha value is -3.18. The third-order valence-electron chi connectivity index (χ3n) is 4.81. The van der Waals surface area contributed by atoms with Gasteiger partial charge >= 0.3 is 0 Å². The van der Waals surface area contributed by atoms with Crippen molar-refractivity contribution in [3.8, 4) is 0 Å². The average molecular weight is 391 g/mol. The van der Waals surface area contributed by atoms with E-state index in [1.807, 2.05) is 0 Å². The highest BCUT2D eigenvalue weighted by Crippen LogP contribution is 2.38.